The van der Waals surface area contributed by atoms with Crippen molar-refractivity contribution < 1.29 is 10.2 Å². The fourth-order valence-corrected chi connectivity index (χ4v) is 3.04. The highest BCUT2D eigenvalue weighted by Gasteiger charge is 2.41. The predicted octanol–water partition coefficient (Wildman–Crippen LogP) is 2.87. The molecule has 1 aliphatic carbocycles. The molecule has 1 unspecified atom stereocenters. The minimum atomic E-state index is -0.412. The number of aliphatic hydroxyl groups is 2. The Morgan fingerprint density at radius 1 is 1.06 bits per heavy atom. The maximum atomic E-state index is 9.79. The molecule has 0 spiro atoms. The second-order valence-electron chi connectivity index (χ2n) is 5.58. The fraction of sp³-hybridized carbons (Fsp3) is 0.500. The van der Waals surface area contributed by atoms with E-state index >= 15 is 0 Å². The highest BCUT2D eigenvalue weighted by atomic mass is 16.3. The van der Waals surface area contributed by atoms with Crippen molar-refractivity contribution in [2.75, 3.05) is 13.2 Å². The molecule has 0 amide bonds. The fourth-order valence-electron chi connectivity index (χ4n) is 3.04. The van der Waals surface area contributed by atoms with Crippen molar-refractivity contribution in [3.63, 3.8) is 0 Å². The van der Waals surface area contributed by atoms with E-state index in [1.807, 2.05) is 18.2 Å². The van der Waals surface area contributed by atoms with Crippen LogP contribution >= 0.6 is 0 Å². The van der Waals surface area contributed by atoms with Crippen LogP contribution < -0.4 is 0 Å². The highest BCUT2D eigenvalue weighted by Crippen LogP contribution is 2.48. The number of rotatable bonds is 3. The summed E-state index contributed by atoms with van der Waals surface area (Å²) in [6, 6.07) is 10.2. The molecular weight excluding hydrogens is 224 g/mol. The maximum absolute atomic E-state index is 9.79. The summed E-state index contributed by atoms with van der Waals surface area (Å²) >= 11 is 0. The summed E-state index contributed by atoms with van der Waals surface area (Å²) in [4.78, 5) is 0. The molecule has 18 heavy (non-hydrogen) atoms. The average Bonchev–Trinajstić information content (AvgIpc) is 2.42. The monoisotopic (exact) mass is 246 g/mol. The van der Waals surface area contributed by atoms with Gasteiger partial charge < -0.3 is 10.2 Å². The van der Waals surface area contributed by atoms with Crippen LogP contribution in [0.2, 0.25) is 0 Å². The van der Waals surface area contributed by atoms with Crippen LogP contribution in [0.15, 0.2) is 41.5 Å². The maximum Gasteiger partial charge on any atom is 0.0518 e. The van der Waals surface area contributed by atoms with Gasteiger partial charge in [-0.05, 0) is 38.2 Å². The molecule has 0 aliphatic heterocycles. The SMILES string of the molecule is CC1=C(C)CC(CO)(CO)C(c2ccccc2)C1. The van der Waals surface area contributed by atoms with Crippen molar-refractivity contribution in [2.45, 2.75) is 32.6 Å². The van der Waals surface area contributed by atoms with Crippen molar-refractivity contribution in [1.82, 2.24) is 0 Å². The zero-order chi connectivity index (χ0) is 13.2. The van der Waals surface area contributed by atoms with Crippen molar-refractivity contribution in [2.24, 2.45) is 5.41 Å². The van der Waals surface area contributed by atoms with Gasteiger partial charge in [0.1, 0.15) is 0 Å². The lowest BCUT2D eigenvalue weighted by atomic mass is 9.63. The number of hydrogen-bond acceptors (Lipinski definition) is 2. The van der Waals surface area contributed by atoms with Crippen molar-refractivity contribution in [1.29, 1.82) is 0 Å². The first kappa shape index (κ1) is 13.3. The summed E-state index contributed by atoms with van der Waals surface area (Å²) in [6.45, 7) is 4.34. The summed E-state index contributed by atoms with van der Waals surface area (Å²) in [5.74, 6) is 0.206. The van der Waals surface area contributed by atoms with Gasteiger partial charge in [0.2, 0.25) is 0 Å². The first-order chi connectivity index (χ1) is 8.63. The second kappa shape index (κ2) is 5.25. The number of hydrogen-bond donors (Lipinski definition) is 2. The van der Waals surface area contributed by atoms with E-state index in [1.165, 1.54) is 16.7 Å². The molecule has 0 saturated heterocycles. The molecule has 0 saturated carbocycles. The Balaban J connectivity index is 2.43. The van der Waals surface area contributed by atoms with E-state index in [0.717, 1.165) is 12.8 Å². The molecule has 0 fully saturated rings. The Morgan fingerprint density at radius 2 is 1.67 bits per heavy atom. The van der Waals surface area contributed by atoms with E-state index in [-0.39, 0.29) is 19.1 Å². The standard InChI is InChI=1S/C16H22O2/c1-12-8-15(14-6-4-3-5-7-14)16(10-17,11-18)9-13(12)2/h3-7,15,17-18H,8-11H2,1-2H3. The molecule has 0 heterocycles. The zero-order valence-corrected chi connectivity index (χ0v) is 11.2. The van der Waals surface area contributed by atoms with Gasteiger partial charge in [-0.1, -0.05) is 41.5 Å². The van der Waals surface area contributed by atoms with Gasteiger partial charge in [-0.2, -0.15) is 0 Å². The van der Waals surface area contributed by atoms with E-state index in [0.29, 0.717) is 0 Å². The molecule has 2 nitrogen and oxygen atoms in total. The van der Waals surface area contributed by atoms with Crippen LogP contribution in [-0.2, 0) is 0 Å². The molecule has 1 aliphatic rings. The molecule has 2 rings (SSSR count). The Morgan fingerprint density at radius 3 is 2.22 bits per heavy atom. The lowest BCUT2D eigenvalue weighted by molar-refractivity contribution is 0.0253. The normalized spacial score (nSPS) is 23.2. The third kappa shape index (κ3) is 2.23. The molecule has 1 aromatic carbocycles. The molecule has 0 aromatic heterocycles. The summed E-state index contributed by atoms with van der Waals surface area (Å²) in [5, 5.41) is 19.6. The molecule has 1 aromatic rings. The largest absolute Gasteiger partial charge is 0.396 e. The topological polar surface area (TPSA) is 40.5 Å². The molecule has 1 atom stereocenters. The van der Waals surface area contributed by atoms with Gasteiger partial charge in [-0.25, -0.2) is 0 Å². The molecule has 2 heteroatoms. The number of allylic oxidation sites excluding steroid dienone is 2. The minimum Gasteiger partial charge on any atom is -0.396 e. The quantitative estimate of drug-likeness (QED) is 0.805. The second-order valence-corrected chi connectivity index (χ2v) is 5.58. The van der Waals surface area contributed by atoms with Crippen LogP contribution in [0.4, 0.5) is 0 Å². The van der Waals surface area contributed by atoms with Crippen LogP contribution in [0.25, 0.3) is 0 Å². The molecule has 0 bridgehead atoms. The van der Waals surface area contributed by atoms with Crippen molar-refractivity contribution in [3.8, 4) is 0 Å². The summed E-state index contributed by atoms with van der Waals surface area (Å²) in [5.41, 5.74) is 3.50. The summed E-state index contributed by atoms with van der Waals surface area (Å²) < 4.78 is 0. The number of aliphatic hydroxyl groups excluding tert-OH is 2. The van der Waals surface area contributed by atoms with E-state index in [1.54, 1.807) is 0 Å². The van der Waals surface area contributed by atoms with E-state index in [9.17, 15) is 10.2 Å². The van der Waals surface area contributed by atoms with E-state index in [4.69, 9.17) is 0 Å². The zero-order valence-electron chi connectivity index (χ0n) is 11.2. The third-order valence-corrected chi connectivity index (χ3v) is 4.43. The molecule has 98 valence electrons. The Hall–Kier alpha value is -1.12. The van der Waals surface area contributed by atoms with Gasteiger partial charge in [0, 0.05) is 5.41 Å². The van der Waals surface area contributed by atoms with Crippen LogP contribution in [0, 0.1) is 5.41 Å². The predicted molar refractivity (Wildman–Crippen MR) is 73.4 cm³/mol. The van der Waals surface area contributed by atoms with Gasteiger partial charge in [0.15, 0.2) is 0 Å². The van der Waals surface area contributed by atoms with E-state index < -0.39 is 5.41 Å². The minimum absolute atomic E-state index is 0.0354. The van der Waals surface area contributed by atoms with Crippen LogP contribution in [0.3, 0.4) is 0 Å². The first-order valence-corrected chi connectivity index (χ1v) is 6.55. The van der Waals surface area contributed by atoms with Gasteiger partial charge >= 0.3 is 0 Å². The Bertz CT molecular complexity index is 430. The summed E-state index contributed by atoms with van der Waals surface area (Å²) in [6.07, 6.45) is 1.71. The van der Waals surface area contributed by atoms with Gasteiger partial charge in [-0.3, -0.25) is 0 Å². The number of benzene rings is 1. The first-order valence-electron chi connectivity index (χ1n) is 6.55. The average molecular weight is 246 g/mol. The van der Waals surface area contributed by atoms with Crippen molar-refractivity contribution in [3.05, 3.63) is 47.0 Å². The Kier molecular flexibility index (Phi) is 3.88. The lowest BCUT2D eigenvalue weighted by Gasteiger charge is -2.43. The smallest absolute Gasteiger partial charge is 0.0518 e. The van der Waals surface area contributed by atoms with Gasteiger partial charge in [0.25, 0.3) is 0 Å². The third-order valence-electron chi connectivity index (χ3n) is 4.43. The Labute approximate surface area is 109 Å². The van der Waals surface area contributed by atoms with Crippen LogP contribution in [-0.4, -0.2) is 23.4 Å². The van der Waals surface area contributed by atoms with Crippen LogP contribution in [0.5, 0.6) is 0 Å². The van der Waals surface area contributed by atoms with E-state index in [2.05, 4.69) is 26.0 Å². The lowest BCUT2D eigenvalue weighted by Crippen LogP contribution is -2.39. The van der Waals surface area contributed by atoms with Crippen LogP contribution in [0.1, 0.15) is 38.2 Å². The molecule has 0 radical (unpaired) electrons. The van der Waals surface area contributed by atoms with Gasteiger partial charge in [0.05, 0.1) is 13.2 Å². The highest BCUT2D eigenvalue weighted by molar-refractivity contribution is 5.30. The molecule has 2 N–H and O–H groups in total. The van der Waals surface area contributed by atoms with Gasteiger partial charge in [-0.15, -0.1) is 0 Å². The summed E-state index contributed by atoms with van der Waals surface area (Å²) in [7, 11) is 0. The van der Waals surface area contributed by atoms with Crippen molar-refractivity contribution >= 4 is 0 Å². The molecular formula is C16H22O2.